The second-order valence-corrected chi connectivity index (χ2v) is 3.31. The monoisotopic (exact) mass is 213 g/mol. The van der Waals surface area contributed by atoms with E-state index in [4.69, 9.17) is 0 Å². The number of hydrogen-bond acceptors (Lipinski definition) is 3. The van der Waals surface area contributed by atoms with E-state index in [0.717, 1.165) is 25.3 Å². The van der Waals surface area contributed by atoms with Gasteiger partial charge in [0.2, 0.25) is 0 Å². The summed E-state index contributed by atoms with van der Waals surface area (Å²) in [5.41, 5.74) is 1.98. The number of hydroxylamine groups is 1. The topological polar surface area (TPSA) is 55.4 Å². The smallest absolute Gasteiger partial charge is 0.332 e. The van der Waals surface area contributed by atoms with Gasteiger partial charge in [0.25, 0.3) is 5.91 Å². The fourth-order valence-electron chi connectivity index (χ4n) is 1.07. The van der Waals surface area contributed by atoms with Crippen molar-refractivity contribution in [1.82, 2.24) is 5.48 Å². The van der Waals surface area contributed by atoms with Crippen LogP contribution in [0.1, 0.15) is 45.4 Å². The van der Waals surface area contributed by atoms with Crippen LogP contribution in [0.15, 0.2) is 12.7 Å². The molecule has 0 aliphatic carbocycles. The van der Waals surface area contributed by atoms with Gasteiger partial charge in [-0.15, -0.1) is 0 Å². The van der Waals surface area contributed by atoms with Gasteiger partial charge in [0.1, 0.15) is 0 Å². The highest BCUT2D eigenvalue weighted by Gasteiger charge is 2.03. The molecule has 4 heteroatoms. The van der Waals surface area contributed by atoms with Gasteiger partial charge in [0.15, 0.2) is 0 Å². The summed E-state index contributed by atoms with van der Waals surface area (Å²) in [4.78, 5) is 26.1. The molecule has 0 fully saturated rings. The van der Waals surface area contributed by atoms with E-state index < -0.39 is 11.9 Å². The summed E-state index contributed by atoms with van der Waals surface area (Å²) in [5.74, 6) is -0.906. The van der Waals surface area contributed by atoms with Gasteiger partial charge >= 0.3 is 5.97 Å². The summed E-state index contributed by atoms with van der Waals surface area (Å²) in [6, 6.07) is 0. The first-order valence-electron chi connectivity index (χ1n) is 5.32. The molecular weight excluding hydrogens is 194 g/mol. The molecule has 1 N–H and O–H groups in total. The maximum Gasteiger partial charge on any atom is 0.332 e. The van der Waals surface area contributed by atoms with Crippen LogP contribution >= 0.6 is 0 Å². The van der Waals surface area contributed by atoms with E-state index in [1.165, 1.54) is 12.8 Å². The number of carbonyl (C=O) groups is 2. The van der Waals surface area contributed by atoms with Crippen molar-refractivity contribution in [3.63, 3.8) is 0 Å². The fourth-order valence-corrected chi connectivity index (χ4v) is 1.07. The van der Waals surface area contributed by atoms with Crippen molar-refractivity contribution in [2.45, 2.75) is 45.4 Å². The Bertz CT molecular complexity index is 214. The van der Waals surface area contributed by atoms with Gasteiger partial charge in [0, 0.05) is 6.42 Å². The molecule has 1 amide bonds. The fraction of sp³-hybridized carbons (Fsp3) is 0.636. The molecule has 0 aromatic rings. The summed E-state index contributed by atoms with van der Waals surface area (Å²) < 4.78 is 0. The minimum atomic E-state index is -0.505. The molecule has 0 aromatic heterocycles. The second kappa shape index (κ2) is 9.24. The molecule has 0 saturated heterocycles. The lowest BCUT2D eigenvalue weighted by Gasteiger charge is -2.02. The second-order valence-electron chi connectivity index (χ2n) is 3.31. The number of carbonyl (C=O) groups excluding carboxylic acids is 2. The summed E-state index contributed by atoms with van der Waals surface area (Å²) >= 11 is 0. The molecule has 0 bridgehead atoms. The SMILES string of the molecule is C=CC(=O)NOC(=O)CCCCCCC. The van der Waals surface area contributed by atoms with E-state index in [2.05, 4.69) is 18.3 Å². The van der Waals surface area contributed by atoms with E-state index in [9.17, 15) is 9.59 Å². The third-order valence-corrected chi connectivity index (χ3v) is 1.94. The van der Waals surface area contributed by atoms with Crippen LogP contribution in [-0.2, 0) is 14.4 Å². The van der Waals surface area contributed by atoms with E-state index in [-0.39, 0.29) is 0 Å². The molecule has 0 aliphatic heterocycles. The minimum Gasteiger partial charge on any atom is -0.341 e. The lowest BCUT2D eigenvalue weighted by Crippen LogP contribution is -2.24. The Kier molecular flexibility index (Phi) is 8.43. The van der Waals surface area contributed by atoms with Crippen LogP contribution in [0.25, 0.3) is 0 Å². The molecule has 15 heavy (non-hydrogen) atoms. The van der Waals surface area contributed by atoms with Crippen molar-refractivity contribution in [3.05, 3.63) is 12.7 Å². The van der Waals surface area contributed by atoms with Gasteiger partial charge in [-0.05, 0) is 12.5 Å². The predicted molar refractivity (Wildman–Crippen MR) is 57.8 cm³/mol. The van der Waals surface area contributed by atoms with Crippen LogP contribution in [0.5, 0.6) is 0 Å². The van der Waals surface area contributed by atoms with Gasteiger partial charge in [-0.2, -0.15) is 5.48 Å². The van der Waals surface area contributed by atoms with Crippen molar-refractivity contribution in [2.75, 3.05) is 0 Å². The van der Waals surface area contributed by atoms with Gasteiger partial charge in [0.05, 0.1) is 0 Å². The summed E-state index contributed by atoms with van der Waals surface area (Å²) in [7, 11) is 0. The summed E-state index contributed by atoms with van der Waals surface area (Å²) in [6.45, 7) is 5.37. The van der Waals surface area contributed by atoms with Crippen LogP contribution < -0.4 is 5.48 Å². The molecule has 0 spiro atoms. The van der Waals surface area contributed by atoms with E-state index in [1.54, 1.807) is 0 Å². The lowest BCUT2D eigenvalue weighted by molar-refractivity contribution is -0.156. The Morgan fingerprint density at radius 1 is 1.27 bits per heavy atom. The van der Waals surface area contributed by atoms with E-state index >= 15 is 0 Å². The normalized spacial score (nSPS) is 9.40. The lowest BCUT2D eigenvalue weighted by atomic mass is 10.1. The van der Waals surface area contributed by atoms with Crippen molar-refractivity contribution >= 4 is 11.9 Å². The van der Waals surface area contributed by atoms with Crippen LogP contribution in [0.2, 0.25) is 0 Å². The largest absolute Gasteiger partial charge is 0.341 e. The Hall–Kier alpha value is -1.32. The summed E-state index contributed by atoms with van der Waals surface area (Å²) in [6.07, 6.45) is 6.75. The van der Waals surface area contributed by atoms with Crippen LogP contribution in [0.4, 0.5) is 0 Å². The van der Waals surface area contributed by atoms with Crippen molar-refractivity contribution in [1.29, 1.82) is 0 Å². The number of rotatable bonds is 7. The zero-order valence-corrected chi connectivity index (χ0v) is 9.25. The third kappa shape index (κ3) is 9.00. The zero-order chi connectivity index (χ0) is 11.5. The zero-order valence-electron chi connectivity index (χ0n) is 9.25. The highest BCUT2D eigenvalue weighted by atomic mass is 16.7. The molecule has 0 saturated carbocycles. The maximum absolute atomic E-state index is 11.0. The standard InChI is InChI=1S/C11H19NO3/c1-3-5-6-7-8-9-11(14)15-12-10(13)4-2/h4H,2-3,5-9H2,1H3,(H,12,13). The Morgan fingerprint density at radius 2 is 1.93 bits per heavy atom. The number of unbranched alkanes of at least 4 members (excludes halogenated alkanes) is 4. The number of nitrogens with one attached hydrogen (secondary N) is 1. The maximum atomic E-state index is 11.0. The summed E-state index contributed by atoms with van der Waals surface area (Å²) in [5, 5.41) is 0. The molecule has 0 rings (SSSR count). The van der Waals surface area contributed by atoms with Gasteiger partial charge in [-0.3, -0.25) is 4.79 Å². The van der Waals surface area contributed by atoms with Gasteiger partial charge in [-0.1, -0.05) is 39.2 Å². The third-order valence-electron chi connectivity index (χ3n) is 1.94. The highest BCUT2D eigenvalue weighted by Crippen LogP contribution is 2.05. The molecule has 0 radical (unpaired) electrons. The van der Waals surface area contributed by atoms with Gasteiger partial charge in [-0.25, -0.2) is 4.79 Å². The quantitative estimate of drug-likeness (QED) is 0.400. The number of amides is 1. The predicted octanol–water partition coefficient (Wildman–Crippen LogP) is 2.11. The minimum absolute atomic E-state index is 0.348. The molecule has 86 valence electrons. The molecule has 4 nitrogen and oxygen atoms in total. The molecule has 0 unspecified atom stereocenters. The molecule has 0 aliphatic rings. The van der Waals surface area contributed by atoms with Crippen molar-refractivity contribution < 1.29 is 14.4 Å². The Morgan fingerprint density at radius 3 is 2.53 bits per heavy atom. The number of hydrogen-bond donors (Lipinski definition) is 1. The van der Waals surface area contributed by atoms with E-state index in [0.29, 0.717) is 6.42 Å². The van der Waals surface area contributed by atoms with Crippen LogP contribution in [-0.4, -0.2) is 11.9 Å². The average molecular weight is 213 g/mol. The highest BCUT2D eigenvalue weighted by molar-refractivity contribution is 5.87. The van der Waals surface area contributed by atoms with Crippen molar-refractivity contribution in [2.24, 2.45) is 0 Å². The average Bonchev–Trinajstić information content (AvgIpc) is 2.25. The molecule has 0 atom stereocenters. The molecule has 0 aromatic carbocycles. The van der Waals surface area contributed by atoms with Gasteiger partial charge < -0.3 is 4.84 Å². The van der Waals surface area contributed by atoms with Crippen LogP contribution in [0.3, 0.4) is 0 Å². The first-order chi connectivity index (χ1) is 7.20. The Balaban J connectivity index is 3.33. The van der Waals surface area contributed by atoms with E-state index in [1.807, 2.05) is 5.48 Å². The molecule has 0 heterocycles. The first-order valence-corrected chi connectivity index (χ1v) is 5.32. The van der Waals surface area contributed by atoms with Crippen LogP contribution in [0, 0.1) is 0 Å². The Labute approximate surface area is 90.6 Å². The first kappa shape index (κ1) is 13.7. The molecular formula is C11H19NO3. The van der Waals surface area contributed by atoms with Crippen molar-refractivity contribution in [3.8, 4) is 0 Å².